The van der Waals surface area contributed by atoms with Crippen molar-refractivity contribution >= 4 is 0 Å². The number of piperidine rings is 1. The van der Waals surface area contributed by atoms with Gasteiger partial charge >= 0.3 is 0 Å². The van der Waals surface area contributed by atoms with Crippen LogP contribution in [0.4, 0.5) is 0 Å². The minimum atomic E-state index is 0.382. The third-order valence-corrected chi connectivity index (χ3v) is 5.51. The molecule has 1 aliphatic heterocycles. The maximum absolute atomic E-state index is 6.69. The van der Waals surface area contributed by atoms with E-state index >= 15 is 0 Å². The first kappa shape index (κ1) is 15.3. The lowest BCUT2D eigenvalue weighted by Crippen LogP contribution is -2.59. The Labute approximate surface area is 120 Å². The van der Waals surface area contributed by atoms with Crippen molar-refractivity contribution in [1.82, 2.24) is 4.90 Å². The van der Waals surface area contributed by atoms with Crippen molar-refractivity contribution in [2.24, 2.45) is 5.73 Å². The van der Waals surface area contributed by atoms with Crippen LogP contribution in [0.1, 0.15) is 84.0 Å². The summed E-state index contributed by atoms with van der Waals surface area (Å²) in [6.07, 6.45) is 16.4. The largest absolute Gasteiger partial charge is 0.326 e. The predicted molar refractivity (Wildman–Crippen MR) is 83.4 cm³/mol. The average molecular weight is 266 g/mol. The van der Waals surface area contributed by atoms with Crippen LogP contribution in [-0.4, -0.2) is 29.6 Å². The van der Waals surface area contributed by atoms with Gasteiger partial charge in [-0.2, -0.15) is 0 Å². The zero-order valence-electron chi connectivity index (χ0n) is 13.0. The Kier molecular flexibility index (Phi) is 6.15. The highest BCUT2D eigenvalue weighted by Gasteiger charge is 2.44. The number of rotatable bonds is 7. The fraction of sp³-hybridized carbons (Fsp3) is 1.00. The van der Waals surface area contributed by atoms with E-state index in [2.05, 4.69) is 11.8 Å². The van der Waals surface area contributed by atoms with Crippen molar-refractivity contribution in [3.8, 4) is 0 Å². The van der Waals surface area contributed by atoms with E-state index in [4.69, 9.17) is 5.73 Å². The van der Waals surface area contributed by atoms with Crippen LogP contribution in [0.3, 0.4) is 0 Å². The van der Waals surface area contributed by atoms with Gasteiger partial charge in [0.05, 0.1) is 0 Å². The number of hydrogen-bond acceptors (Lipinski definition) is 2. The fourth-order valence-electron chi connectivity index (χ4n) is 4.31. The molecule has 2 nitrogen and oxygen atoms in total. The molecule has 2 rings (SSSR count). The smallest absolute Gasteiger partial charge is 0.0360 e. The fourth-order valence-corrected chi connectivity index (χ4v) is 4.31. The van der Waals surface area contributed by atoms with E-state index in [1.54, 1.807) is 0 Å². The summed E-state index contributed by atoms with van der Waals surface area (Å²) in [5.74, 6) is 0. The van der Waals surface area contributed by atoms with Gasteiger partial charge in [0.25, 0.3) is 0 Å². The monoisotopic (exact) mass is 266 g/mol. The van der Waals surface area contributed by atoms with Crippen molar-refractivity contribution in [2.45, 2.75) is 95.6 Å². The zero-order chi connectivity index (χ0) is 13.6. The van der Waals surface area contributed by atoms with Gasteiger partial charge in [-0.1, -0.05) is 51.9 Å². The Bertz CT molecular complexity index is 240. The van der Waals surface area contributed by atoms with Gasteiger partial charge in [0, 0.05) is 11.6 Å². The Morgan fingerprint density at radius 2 is 1.63 bits per heavy atom. The summed E-state index contributed by atoms with van der Waals surface area (Å²) in [6, 6.07) is 0.421. The van der Waals surface area contributed by atoms with E-state index in [0.717, 1.165) is 0 Å². The van der Waals surface area contributed by atoms with Gasteiger partial charge in [0.2, 0.25) is 0 Å². The first-order valence-corrected chi connectivity index (χ1v) is 8.80. The lowest BCUT2D eigenvalue weighted by molar-refractivity contribution is 0.0451. The molecule has 112 valence electrons. The van der Waals surface area contributed by atoms with E-state index in [9.17, 15) is 0 Å². The molecule has 19 heavy (non-hydrogen) atoms. The van der Waals surface area contributed by atoms with Crippen LogP contribution < -0.4 is 5.73 Å². The first-order chi connectivity index (χ1) is 9.29. The van der Waals surface area contributed by atoms with Crippen LogP contribution in [-0.2, 0) is 0 Å². The van der Waals surface area contributed by atoms with E-state index in [0.29, 0.717) is 11.6 Å². The molecule has 1 unspecified atom stereocenters. The second-order valence-electron chi connectivity index (χ2n) is 6.81. The number of nitrogens with zero attached hydrogens (tertiary/aromatic N) is 1. The van der Waals surface area contributed by atoms with Crippen molar-refractivity contribution in [3.63, 3.8) is 0 Å². The molecule has 2 fully saturated rings. The van der Waals surface area contributed by atoms with Crippen LogP contribution in [0.2, 0.25) is 0 Å². The summed E-state index contributed by atoms with van der Waals surface area (Å²) in [5.41, 5.74) is 7.07. The Morgan fingerprint density at radius 1 is 0.947 bits per heavy atom. The molecule has 0 spiro atoms. The molecule has 0 bridgehead atoms. The molecule has 1 aliphatic carbocycles. The second kappa shape index (κ2) is 7.64. The quantitative estimate of drug-likeness (QED) is 0.703. The number of unbranched alkanes of at least 4 members (excludes halogenated alkanes) is 3. The molecule has 2 N–H and O–H groups in total. The van der Waals surface area contributed by atoms with E-state index < -0.39 is 0 Å². The Morgan fingerprint density at radius 3 is 2.26 bits per heavy atom. The SMILES string of the molecule is CCCCCCC(N)C1(N2CCCCC2)CCCC1. The molecule has 0 aromatic rings. The van der Waals surface area contributed by atoms with Gasteiger partial charge in [-0.15, -0.1) is 0 Å². The predicted octanol–water partition coefficient (Wildman–Crippen LogP) is 4.08. The average Bonchev–Trinajstić information content (AvgIpc) is 2.95. The molecule has 1 heterocycles. The maximum Gasteiger partial charge on any atom is 0.0360 e. The van der Waals surface area contributed by atoms with Gasteiger partial charge < -0.3 is 5.73 Å². The standard InChI is InChI=1S/C17H34N2/c1-2-3-4-6-11-16(18)17(12-7-8-13-17)19-14-9-5-10-15-19/h16H,2-15,18H2,1H3. The van der Waals surface area contributed by atoms with Crippen molar-refractivity contribution in [2.75, 3.05) is 13.1 Å². The minimum Gasteiger partial charge on any atom is -0.326 e. The topological polar surface area (TPSA) is 29.3 Å². The van der Waals surface area contributed by atoms with Gasteiger partial charge in [-0.25, -0.2) is 0 Å². The third kappa shape index (κ3) is 3.72. The van der Waals surface area contributed by atoms with Crippen molar-refractivity contribution in [1.29, 1.82) is 0 Å². The molecule has 0 amide bonds. The summed E-state index contributed by atoms with van der Waals surface area (Å²) in [6.45, 7) is 4.90. The van der Waals surface area contributed by atoms with Crippen molar-refractivity contribution < 1.29 is 0 Å². The molecular formula is C17H34N2. The van der Waals surface area contributed by atoms with E-state index in [-0.39, 0.29) is 0 Å². The summed E-state index contributed by atoms with van der Waals surface area (Å²) in [7, 11) is 0. The maximum atomic E-state index is 6.69. The van der Waals surface area contributed by atoms with E-state index in [1.165, 1.54) is 90.1 Å². The Balaban J connectivity index is 1.89. The molecular weight excluding hydrogens is 232 g/mol. The lowest BCUT2D eigenvalue weighted by Gasteiger charge is -2.47. The molecule has 0 aromatic heterocycles. The Hall–Kier alpha value is -0.0800. The third-order valence-electron chi connectivity index (χ3n) is 5.51. The summed E-state index contributed by atoms with van der Waals surface area (Å²) in [4.78, 5) is 2.79. The number of nitrogens with two attached hydrogens (primary N) is 1. The summed E-state index contributed by atoms with van der Waals surface area (Å²) in [5, 5.41) is 0. The van der Waals surface area contributed by atoms with Crippen LogP contribution in [0, 0.1) is 0 Å². The zero-order valence-corrected chi connectivity index (χ0v) is 13.0. The van der Waals surface area contributed by atoms with Gasteiger partial charge in [0.1, 0.15) is 0 Å². The van der Waals surface area contributed by atoms with Crippen LogP contribution in [0.5, 0.6) is 0 Å². The summed E-state index contributed by atoms with van der Waals surface area (Å²) < 4.78 is 0. The molecule has 1 atom stereocenters. The lowest BCUT2D eigenvalue weighted by atomic mass is 9.82. The second-order valence-corrected chi connectivity index (χ2v) is 6.81. The molecule has 0 radical (unpaired) electrons. The van der Waals surface area contributed by atoms with Crippen molar-refractivity contribution in [3.05, 3.63) is 0 Å². The molecule has 1 saturated carbocycles. The minimum absolute atomic E-state index is 0.382. The van der Waals surface area contributed by atoms with Gasteiger partial charge in [-0.05, 0) is 45.2 Å². The highest BCUT2D eigenvalue weighted by molar-refractivity contribution is 5.02. The highest BCUT2D eigenvalue weighted by atomic mass is 15.2. The normalized spacial score (nSPS) is 25.6. The molecule has 2 heteroatoms. The van der Waals surface area contributed by atoms with Crippen LogP contribution in [0.25, 0.3) is 0 Å². The molecule has 2 aliphatic rings. The molecule has 0 aromatic carbocycles. The summed E-state index contributed by atoms with van der Waals surface area (Å²) >= 11 is 0. The number of hydrogen-bond donors (Lipinski definition) is 1. The van der Waals surface area contributed by atoms with Crippen LogP contribution >= 0.6 is 0 Å². The highest BCUT2D eigenvalue weighted by Crippen LogP contribution is 2.40. The van der Waals surface area contributed by atoms with Gasteiger partial charge in [-0.3, -0.25) is 4.90 Å². The number of likely N-dealkylation sites (tertiary alicyclic amines) is 1. The van der Waals surface area contributed by atoms with Gasteiger partial charge in [0.15, 0.2) is 0 Å². The van der Waals surface area contributed by atoms with E-state index in [1.807, 2.05) is 0 Å². The van der Waals surface area contributed by atoms with Crippen LogP contribution in [0.15, 0.2) is 0 Å². The molecule has 1 saturated heterocycles. The first-order valence-electron chi connectivity index (χ1n) is 8.80.